The molecule has 1 aromatic carbocycles. The Morgan fingerprint density at radius 2 is 2.11 bits per heavy atom. The Balaban J connectivity index is 2.11. The van der Waals surface area contributed by atoms with Crippen molar-refractivity contribution in [2.24, 2.45) is 0 Å². The van der Waals surface area contributed by atoms with Crippen LogP contribution in [0, 0.1) is 0 Å². The number of pyridine rings is 1. The van der Waals surface area contributed by atoms with Gasteiger partial charge >= 0.3 is 0 Å². The summed E-state index contributed by atoms with van der Waals surface area (Å²) in [5.74, 6) is 0.531. The van der Waals surface area contributed by atoms with Crippen LogP contribution < -0.4 is 10.6 Å². The zero-order valence-corrected chi connectivity index (χ0v) is 11.7. The van der Waals surface area contributed by atoms with Crippen molar-refractivity contribution in [1.29, 1.82) is 0 Å². The van der Waals surface area contributed by atoms with Gasteiger partial charge in [-0.3, -0.25) is 4.79 Å². The van der Waals surface area contributed by atoms with E-state index >= 15 is 0 Å². The summed E-state index contributed by atoms with van der Waals surface area (Å²) in [7, 11) is 0. The fourth-order valence-electron chi connectivity index (χ4n) is 1.79. The first-order chi connectivity index (χ1) is 9.06. The number of anilines is 1. The molecular formula is C14H16ClN3O. The minimum Gasteiger partial charge on any atom is -0.361 e. The number of nitrogens with zero attached hydrogens (tertiary/aromatic N) is 1. The minimum atomic E-state index is -0.0684. The van der Waals surface area contributed by atoms with Crippen LogP contribution in [-0.4, -0.2) is 23.5 Å². The topological polar surface area (TPSA) is 54.0 Å². The zero-order chi connectivity index (χ0) is 13.8. The van der Waals surface area contributed by atoms with E-state index in [1.54, 1.807) is 0 Å². The van der Waals surface area contributed by atoms with E-state index < -0.39 is 0 Å². The van der Waals surface area contributed by atoms with E-state index in [1.165, 1.54) is 0 Å². The van der Waals surface area contributed by atoms with Crippen LogP contribution in [0.4, 0.5) is 5.82 Å². The summed E-state index contributed by atoms with van der Waals surface area (Å²) in [6, 6.07) is 9.74. The van der Waals surface area contributed by atoms with Gasteiger partial charge in [0.2, 0.25) is 5.91 Å². The Hall–Kier alpha value is -1.81. The predicted octanol–water partition coefficient (Wildman–Crippen LogP) is 2.82. The van der Waals surface area contributed by atoms with Crippen molar-refractivity contribution in [2.45, 2.75) is 19.9 Å². The zero-order valence-electron chi connectivity index (χ0n) is 10.9. The van der Waals surface area contributed by atoms with Crippen molar-refractivity contribution >= 4 is 34.1 Å². The number of carbonyl (C=O) groups is 1. The molecule has 0 saturated heterocycles. The Bertz CT molecular complexity index is 598. The van der Waals surface area contributed by atoms with E-state index in [-0.39, 0.29) is 18.5 Å². The Kier molecular flexibility index (Phi) is 4.22. The molecule has 1 aromatic heterocycles. The first-order valence-corrected chi connectivity index (χ1v) is 6.52. The fourth-order valence-corrected chi connectivity index (χ4v) is 2.05. The molecule has 0 aliphatic carbocycles. The molecule has 2 aromatic rings. The number of rotatable bonds is 4. The molecule has 1 heterocycles. The lowest BCUT2D eigenvalue weighted by Crippen LogP contribution is -2.34. The van der Waals surface area contributed by atoms with Crippen LogP contribution in [0.25, 0.3) is 10.8 Å². The summed E-state index contributed by atoms with van der Waals surface area (Å²) in [4.78, 5) is 15.8. The fraction of sp³-hybridized carbons (Fsp3) is 0.286. The normalized spacial score (nSPS) is 10.7. The highest BCUT2D eigenvalue weighted by Crippen LogP contribution is 2.24. The molecule has 0 fully saturated rings. The molecule has 0 aliphatic heterocycles. The van der Waals surface area contributed by atoms with Crippen molar-refractivity contribution < 1.29 is 4.79 Å². The van der Waals surface area contributed by atoms with Crippen LogP contribution in [0.5, 0.6) is 0 Å². The summed E-state index contributed by atoms with van der Waals surface area (Å²) in [6.07, 6.45) is 0. The first kappa shape index (κ1) is 13.6. The lowest BCUT2D eigenvalue weighted by atomic mass is 10.2. The molecule has 0 spiro atoms. The number of hydrogen-bond donors (Lipinski definition) is 2. The molecule has 100 valence electrons. The van der Waals surface area contributed by atoms with Crippen molar-refractivity contribution in [3.05, 3.63) is 35.5 Å². The van der Waals surface area contributed by atoms with Crippen LogP contribution in [0.3, 0.4) is 0 Å². The molecule has 2 N–H and O–H groups in total. The summed E-state index contributed by atoms with van der Waals surface area (Å²) in [5.41, 5.74) is 0. The molecule has 0 bridgehead atoms. The molecule has 0 aliphatic rings. The van der Waals surface area contributed by atoms with Gasteiger partial charge in [-0.2, -0.15) is 0 Å². The molecule has 4 nitrogen and oxygen atoms in total. The number of halogens is 1. The van der Waals surface area contributed by atoms with E-state index in [9.17, 15) is 4.79 Å². The van der Waals surface area contributed by atoms with E-state index in [1.807, 2.05) is 44.2 Å². The highest BCUT2D eigenvalue weighted by molar-refractivity contribution is 6.34. The summed E-state index contributed by atoms with van der Waals surface area (Å²) in [6.45, 7) is 4.02. The van der Waals surface area contributed by atoms with Gasteiger partial charge in [0.25, 0.3) is 0 Å². The third kappa shape index (κ3) is 3.58. The van der Waals surface area contributed by atoms with Crippen LogP contribution in [0.2, 0.25) is 5.15 Å². The minimum absolute atomic E-state index is 0.0684. The summed E-state index contributed by atoms with van der Waals surface area (Å²) in [5, 5.41) is 8.11. The molecular weight excluding hydrogens is 262 g/mol. The molecule has 0 saturated carbocycles. The van der Waals surface area contributed by atoms with Gasteiger partial charge in [0, 0.05) is 11.4 Å². The molecule has 19 heavy (non-hydrogen) atoms. The van der Waals surface area contributed by atoms with Gasteiger partial charge < -0.3 is 10.6 Å². The van der Waals surface area contributed by atoms with Crippen LogP contribution in [0.15, 0.2) is 30.3 Å². The molecule has 0 atom stereocenters. The van der Waals surface area contributed by atoms with E-state index in [0.717, 1.165) is 10.8 Å². The third-order valence-electron chi connectivity index (χ3n) is 2.57. The second kappa shape index (κ2) is 5.89. The average Bonchev–Trinajstić information content (AvgIpc) is 2.36. The highest BCUT2D eigenvalue weighted by Gasteiger charge is 2.06. The number of amides is 1. The average molecular weight is 278 g/mol. The van der Waals surface area contributed by atoms with Gasteiger partial charge in [0.15, 0.2) is 0 Å². The van der Waals surface area contributed by atoms with Gasteiger partial charge in [0.05, 0.1) is 6.54 Å². The molecule has 1 amide bonds. The van der Waals surface area contributed by atoms with Crippen LogP contribution in [0.1, 0.15) is 13.8 Å². The molecule has 2 rings (SSSR count). The molecule has 5 heteroatoms. The number of fused-ring (bicyclic) bond motifs is 1. The second-order valence-corrected chi connectivity index (χ2v) is 4.95. The maximum absolute atomic E-state index is 11.5. The molecule has 0 radical (unpaired) electrons. The van der Waals surface area contributed by atoms with Gasteiger partial charge in [-0.15, -0.1) is 0 Å². The van der Waals surface area contributed by atoms with Crippen LogP contribution in [-0.2, 0) is 4.79 Å². The van der Waals surface area contributed by atoms with E-state index in [4.69, 9.17) is 11.6 Å². The number of carbonyl (C=O) groups excluding carboxylic acids is 1. The van der Waals surface area contributed by atoms with E-state index in [2.05, 4.69) is 15.6 Å². The molecule has 0 unspecified atom stereocenters. The van der Waals surface area contributed by atoms with Crippen molar-refractivity contribution in [3.8, 4) is 0 Å². The second-order valence-electron chi connectivity index (χ2n) is 4.60. The predicted molar refractivity (Wildman–Crippen MR) is 78.5 cm³/mol. The number of nitrogens with one attached hydrogen (secondary N) is 2. The largest absolute Gasteiger partial charge is 0.361 e. The number of hydrogen-bond acceptors (Lipinski definition) is 3. The quantitative estimate of drug-likeness (QED) is 0.845. The van der Waals surface area contributed by atoms with Crippen molar-refractivity contribution in [1.82, 2.24) is 10.3 Å². The van der Waals surface area contributed by atoms with Crippen molar-refractivity contribution in [2.75, 3.05) is 11.9 Å². The Labute approximate surface area is 117 Å². The van der Waals surface area contributed by atoms with Gasteiger partial charge in [-0.25, -0.2) is 4.98 Å². The maximum atomic E-state index is 11.5. The van der Waals surface area contributed by atoms with Gasteiger partial charge in [0.1, 0.15) is 11.0 Å². The van der Waals surface area contributed by atoms with Crippen LogP contribution >= 0.6 is 11.6 Å². The SMILES string of the molecule is CC(C)NC(=O)CNc1cc2ccccc2c(Cl)n1. The third-order valence-corrected chi connectivity index (χ3v) is 2.86. The van der Waals surface area contributed by atoms with Gasteiger partial charge in [-0.1, -0.05) is 35.9 Å². The highest BCUT2D eigenvalue weighted by atomic mass is 35.5. The lowest BCUT2D eigenvalue weighted by Gasteiger charge is -2.10. The Morgan fingerprint density at radius 3 is 2.84 bits per heavy atom. The van der Waals surface area contributed by atoms with Crippen molar-refractivity contribution in [3.63, 3.8) is 0 Å². The van der Waals surface area contributed by atoms with Gasteiger partial charge in [-0.05, 0) is 25.3 Å². The first-order valence-electron chi connectivity index (χ1n) is 6.15. The summed E-state index contributed by atoms with van der Waals surface area (Å²) >= 11 is 6.11. The monoisotopic (exact) mass is 277 g/mol. The smallest absolute Gasteiger partial charge is 0.239 e. The van der Waals surface area contributed by atoms with E-state index in [0.29, 0.717) is 11.0 Å². The standard InChI is InChI=1S/C14H16ClN3O/c1-9(2)17-13(19)8-16-12-7-10-5-3-4-6-11(10)14(15)18-12/h3-7,9H,8H2,1-2H3,(H,16,18)(H,17,19). The summed E-state index contributed by atoms with van der Waals surface area (Å²) < 4.78 is 0. The lowest BCUT2D eigenvalue weighted by molar-refractivity contribution is -0.119. The maximum Gasteiger partial charge on any atom is 0.239 e. The number of benzene rings is 1. The Morgan fingerprint density at radius 1 is 1.37 bits per heavy atom. The number of aromatic nitrogens is 1.